The molecule has 2 aliphatic rings. The van der Waals surface area contributed by atoms with Crippen molar-refractivity contribution < 1.29 is 4.58 Å². The van der Waals surface area contributed by atoms with E-state index in [1.165, 1.54) is 0 Å². The zero-order valence-electron chi connectivity index (χ0n) is 14.2. The third-order valence-electron chi connectivity index (χ3n) is 4.44. The number of rotatable bonds is 0. The first-order chi connectivity index (χ1) is 12.2. The summed E-state index contributed by atoms with van der Waals surface area (Å²) in [6, 6.07) is 16.2. The van der Waals surface area contributed by atoms with E-state index in [1.807, 2.05) is 62.6 Å². The van der Waals surface area contributed by atoms with Crippen molar-refractivity contribution in [1.82, 2.24) is 4.90 Å². The van der Waals surface area contributed by atoms with Crippen LogP contribution in [0.4, 0.5) is 0 Å². The minimum atomic E-state index is 0.0325. The second kappa shape index (κ2) is 6.24. The lowest BCUT2D eigenvalue weighted by Gasteiger charge is -2.10. The smallest absolute Gasteiger partial charge is 0.236 e. The van der Waals surface area contributed by atoms with Crippen molar-refractivity contribution in [3.05, 3.63) is 70.8 Å². The highest BCUT2D eigenvalue weighted by Crippen LogP contribution is 2.14. The number of nitrogens with zero attached hydrogens (tertiary/aromatic N) is 2. The Kier molecular flexibility index (Phi) is 3.78. The Balaban J connectivity index is 1.94. The molecule has 0 bridgehead atoms. The van der Waals surface area contributed by atoms with E-state index in [2.05, 4.69) is 51.3 Å². The fourth-order valence-electron chi connectivity index (χ4n) is 3.08. The molecular formula is C23H17N2+. The molecule has 0 radical (unpaired) electrons. The summed E-state index contributed by atoms with van der Waals surface area (Å²) < 4.78 is 2.12. The monoisotopic (exact) mass is 321 g/mol. The van der Waals surface area contributed by atoms with E-state index < -0.39 is 0 Å². The van der Waals surface area contributed by atoms with Gasteiger partial charge in [-0.15, -0.1) is 0 Å². The van der Waals surface area contributed by atoms with Crippen molar-refractivity contribution in [2.75, 3.05) is 14.1 Å². The molecule has 2 heteroatoms. The Labute approximate surface area is 148 Å². The highest BCUT2D eigenvalue weighted by Gasteiger charge is 2.35. The summed E-state index contributed by atoms with van der Waals surface area (Å²) in [6.07, 6.45) is 2.06. The Bertz CT molecular complexity index is 1060. The van der Waals surface area contributed by atoms with Gasteiger partial charge in [0.25, 0.3) is 0 Å². The summed E-state index contributed by atoms with van der Waals surface area (Å²) in [6.45, 7) is 0. The largest absolute Gasteiger partial charge is 0.252 e. The van der Waals surface area contributed by atoms with Crippen molar-refractivity contribution in [2.24, 2.45) is 0 Å². The summed E-state index contributed by atoms with van der Waals surface area (Å²) in [5, 5.41) is 0. The average Bonchev–Trinajstić information content (AvgIpc) is 2.89. The number of hydrogen-bond acceptors (Lipinski definition) is 1. The normalized spacial score (nSPS) is 19.8. The van der Waals surface area contributed by atoms with Gasteiger partial charge in [0.1, 0.15) is 0 Å². The van der Waals surface area contributed by atoms with Gasteiger partial charge in [-0.3, -0.25) is 9.48 Å². The first-order valence-electron chi connectivity index (χ1n) is 8.24. The minimum Gasteiger partial charge on any atom is -0.252 e. The predicted molar refractivity (Wildman–Crippen MR) is 100 cm³/mol. The van der Waals surface area contributed by atoms with Gasteiger partial charge in [-0.1, -0.05) is 47.9 Å². The zero-order chi connectivity index (χ0) is 17.2. The summed E-state index contributed by atoms with van der Waals surface area (Å²) in [5.41, 5.74) is 3.83. The van der Waals surface area contributed by atoms with Gasteiger partial charge in [-0.25, -0.2) is 0 Å². The van der Waals surface area contributed by atoms with Crippen molar-refractivity contribution >= 4 is 6.34 Å². The first kappa shape index (κ1) is 15.1. The Morgan fingerprint density at radius 1 is 0.760 bits per heavy atom. The second-order valence-electron chi connectivity index (χ2n) is 6.22. The minimum absolute atomic E-state index is 0.0325. The van der Waals surface area contributed by atoms with Gasteiger partial charge in [0.05, 0.1) is 14.1 Å². The lowest BCUT2D eigenvalue weighted by Crippen LogP contribution is -2.34. The fraction of sp³-hybridized carbons (Fsp3) is 0.174. The lowest BCUT2D eigenvalue weighted by molar-refractivity contribution is -0.510. The van der Waals surface area contributed by atoms with E-state index in [4.69, 9.17) is 0 Å². The molecule has 0 saturated carbocycles. The van der Waals surface area contributed by atoms with Crippen LogP contribution in [0.25, 0.3) is 0 Å². The zero-order valence-corrected chi connectivity index (χ0v) is 14.2. The standard InChI is InChI=1S/C23H17N2/c1-24-17-25(2)23-16-14-21-10-6-4-8-19(21)12-11-18-7-3-5-9-20(18)13-15-22(23)24/h3-10,17,22-23H,1-2H3/q+1. The van der Waals surface area contributed by atoms with Crippen molar-refractivity contribution in [2.45, 2.75) is 12.1 Å². The van der Waals surface area contributed by atoms with Gasteiger partial charge in [0, 0.05) is 22.3 Å². The highest BCUT2D eigenvalue weighted by molar-refractivity contribution is 5.59. The number of benzene rings is 2. The van der Waals surface area contributed by atoms with Crippen LogP contribution in [0.3, 0.4) is 0 Å². The summed E-state index contributed by atoms with van der Waals surface area (Å²) >= 11 is 0. The Hall–Kier alpha value is -3.41. The molecule has 0 aromatic heterocycles. The van der Waals surface area contributed by atoms with Crippen LogP contribution in [0, 0.1) is 35.5 Å². The van der Waals surface area contributed by atoms with Gasteiger partial charge in [-0.2, -0.15) is 0 Å². The van der Waals surface area contributed by atoms with E-state index in [1.54, 1.807) is 0 Å². The SMILES string of the molecule is CN1C=[N+](C)C2C#Cc3ccccc3C#Cc3ccccc3C#CC21. The summed E-state index contributed by atoms with van der Waals surface area (Å²) in [5.74, 6) is 20.0. The van der Waals surface area contributed by atoms with Crippen LogP contribution >= 0.6 is 0 Å². The van der Waals surface area contributed by atoms with E-state index in [9.17, 15) is 0 Å². The molecule has 0 N–H and O–H groups in total. The summed E-state index contributed by atoms with van der Waals surface area (Å²) in [4.78, 5) is 2.12. The molecule has 2 atom stereocenters. The van der Waals surface area contributed by atoms with Crippen molar-refractivity contribution in [3.63, 3.8) is 0 Å². The molecule has 2 unspecified atom stereocenters. The lowest BCUT2D eigenvalue weighted by atomic mass is 10.0. The third-order valence-corrected chi connectivity index (χ3v) is 4.44. The molecule has 1 aliphatic carbocycles. The van der Waals surface area contributed by atoms with Gasteiger partial charge in [0.2, 0.25) is 18.4 Å². The average molecular weight is 321 g/mol. The molecule has 1 heterocycles. The maximum absolute atomic E-state index is 3.39. The maximum atomic E-state index is 3.39. The van der Waals surface area contributed by atoms with E-state index in [0.29, 0.717) is 0 Å². The molecule has 0 fully saturated rings. The summed E-state index contributed by atoms with van der Waals surface area (Å²) in [7, 11) is 4.09. The van der Waals surface area contributed by atoms with Crippen LogP contribution in [0.2, 0.25) is 0 Å². The molecular weight excluding hydrogens is 304 g/mol. The van der Waals surface area contributed by atoms with Gasteiger partial charge in [-0.05, 0) is 36.1 Å². The van der Waals surface area contributed by atoms with Gasteiger partial charge >= 0.3 is 0 Å². The fourth-order valence-corrected chi connectivity index (χ4v) is 3.08. The van der Waals surface area contributed by atoms with Crippen LogP contribution in [-0.2, 0) is 0 Å². The molecule has 2 nitrogen and oxygen atoms in total. The van der Waals surface area contributed by atoms with E-state index in [-0.39, 0.29) is 12.1 Å². The predicted octanol–water partition coefficient (Wildman–Crippen LogP) is 2.16. The van der Waals surface area contributed by atoms with Gasteiger partial charge in [0.15, 0.2) is 0 Å². The van der Waals surface area contributed by atoms with E-state index >= 15 is 0 Å². The van der Waals surface area contributed by atoms with Crippen LogP contribution in [-0.4, -0.2) is 42.0 Å². The topological polar surface area (TPSA) is 6.25 Å². The highest BCUT2D eigenvalue weighted by atomic mass is 15.3. The first-order valence-corrected chi connectivity index (χ1v) is 8.24. The van der Waals surface area contributed by atoms with Crippen LogP contribution in [0.1, 0.15) is 22.3 Å². The molecule has 2 aromatic carbocycles. The maximum Gasteiger partial charge on any atom is 0.236 e. The van der Waals surface area contributed by atoms with Crippen LogP contribution in [0.5, 0.6) is 0 Å². The van der Waals surface area contributed by atoms with E-state index in [0.717, 1.165) is 22.3 Å². The molecule has 1 aliphatic heterocycles. The molecule has 2 aromatic rings. The molecule has 118 valence electrons. The Morgan fingerprint density at radius 3 is 1.80 bits per heavy atom. The second-order valence-corrected chi connectivity index (χ2v) is 6.22. The third kappa shape index (κ3) is 2.89. The Morgan fingerprint density at radius 2 is 1.24 bits per heavy atom. The molecule has 0 amide bonds. The van der Waals surface area contributed by atoms with Crippen molar-refractivity contribution in [3.8, 4) is 35.5 Å². The quantitative estimate of drug-likeness (QED) is 0.532. The van der Waals surface area contributed by atoms with Crippen LogP contribution in [0.15, 0.2) is 48.5 Å². The number of hydrogen-bond donors (Lipinski definition) is 0. The molecule has 0 saturated heterocycles. The van der Waals surface area contributed by atoms with Gasteiger partial charge < -0.3 is 0 Å². The number of likely N-dealkylation sites (N-methyl/N-ethyl adjacent to an activating group) is 2. The van der Waals surface area contributed by atoms with Crippen molar-refractivity contribution in [1.29, 1.82) is 0 Å². The molecule has 0 spiro atoms. The van der Waals surface area contributed by atoms with Crippen LogP contribution < -0.4 is 0 Å². The number of fused-ring (bicyclic) bond motifs is 3. The molecule has 25 heavy (non-hydrogen) atoms. The molecule has 4 rings (SSSR count).